The number of para-hydroxylation sites is 1. The molecule has 0 bridgehead atoms. The highest BCUT2D eigenvalue weighted by molar-refractivity contribution is 5.76. The van der Waals surface area contributed by atoms with Crippen molar-refractivity contribution in [2.24, 2.45) is 0 Å². The number of nitrogen functional groups attached to an aromatic ring is 1. The number of oxazole rings is 1. The molecule has 1 aromatic heterocycles. The minimum atomic E-state index is 0.624. The number of rotatable bonds is 3. The van der Waals surface area contributed by atoms with Crippen molar-refractivity contribution < 1.29 is 4.42 Å². The van der Waals surface area contributed by atoms with E-state index in [9.17, 15) is 0 Å². The Morgan fingerprint density at radius 2 is 1.95 bits per heavy atom. The monoisotopic (exact) mass is 253 g/mol. The van der Waals surface area contributed by atoms with Gasteiger partial charge in [0.05, 0.1) is 6.54 Å². The van der Waals surface area contributed by atoms with E-state index in [0.29, 0.717) is 18.1 Å². The average molecular weight is 253 g/mol. The molecule has 0 radical (unpaired) electrons. The van der Waals surface area contributed by atoms with Crippen molar-refractivity contribution >= 4 is 22.5 Å². The van der Waals surface area contributed by atoms with E-state index in [1.807, 2.05) is 37.4 Å². The number of hydrogen-bond donors (Lipinski definition) is 1. The van der Waals surface area contributed by atoms with Gasteiger partial charge in [-0.15, -0.1) is 0 Å². The van der Waals surface area contributed by atoms with Gasteiger partial charge in [-0.1, -0.05) is 18.2 Å². The van der Waals surface area contributed by atoms with Gasteiger partial charge in [0.1, 0.15) is 5.52 Å². The number of nitrogens with two attached hydrogens (primary N) is 1. The van der Waals surface area contributed by atoms with Crippen LogP contribution in [0.15, 0.2) is 52.9 Å². The van der Waals surface area contributed by atoms with E-state index in [0.717, 1.165) is 16.8 Å². The first-order valence-electron chi connectivity index (χ1n) is 6.13. The van der Waals surface area contributed by atoms with Gasteiger partial charge in [0.25, 0.3) is 0 Å². The lowest BCUT2D eigenvalue weighted by Gasteiger charge is -2.16. The van der Waals surface area contributed by atoms with Gasteiger partial charge in [-0.05, 0) is 24.3 Å². The van der Waals surface area contributed by atoms with Crippen molar-refractivity contribution in [3.8, 4) is 0 Å². The summed E-state index contributed by atoms with van der Waals surface area (Å²) in [7, 11) is 2.01. The highest BCUT2D eigenvalue weighted by Crippen LogP contribution is 2.20. The predicted molar refractivity (Wildman–Crippen MR) is 77.0 cm³/mol. The molecule has 0 aliphatic rings. The fourth-order valence-electron chi connectivity index (χ4n) is 2.03. The van der Waals surface area contributed by atoms with Crippen LogP contribution in [0.25, 0.3) is 11.1 Å². The zero-order valence-corrected chi connectivity index (χ0v) is 10.7. The Labute approximate surface area is 111 Å². The van der Waals surface area contributed by atoms with Crippen LogP contribution in [0.4, 0.5) is 11.4 Å². The third-order valence-corrected chi connectivity index (χ3v) is 3.03. The van der Waals surface area contributed by atoms with Crippen molar-refractivity contribution in [1.82, 2.24) is 4.98 Å². The van der Waals surface area contributed by atoms with Gasteiger partial charge >= 0.3 is 0 Å². The highest BCUT2D eigenvalue weighted by atomic mass is 16.3. The Morgan fingerprint density at radius 1 is 1.16 bits per heavy atom. The lowest BCUT2D eigenvalue weighted by Crippen LogP contribution is -2.16. The molecule has 4 heteroatoms. The molecule has 1 heterocycles. The summed E-state index contributed by atoms with van der Waals surface area (Å²) in [5, 5.41) is 0. The molecule has 19 heavy (non-hydrogen) atoms. The van der Waals surface area contributed by atoms with Crippen molar-refractivity contribution in [2.45, 2.75) is 6.54 Å². The first-order chi connectivity index (χ1) is 9.22. The average Bonchev–Trinajstić information content (AvgIpc) is 2.81. The number of nitrogens with zero attached hydrogens (tertiary/aromatic N) is 2. The highest BCUT2D eigenvalue weighted by Gasteiger charge is 2.09. The third-order valence-electron chi connectivity index (χ3n) is 3.03. The molecule has 0 amide bonds. The second-order valence-electron chi connectivity index (χ2n) is 4.53. The van der Waals surface area contributed by atoms with E-state index in [4.69, 9.17) is 10.2 Å². The Balaban J connectivity index is 1.85. The fourth-order valence-corrected chi connectivity index (χ4v) is 2.03. The number of benzene rings is 2. The lowest BCUT2D eigenvalue weighted by molar-refractivity contribution is 0.527. The summed E-state index contributed by atoms with van der Waals surface area (Å²) in [6.45, 7) is 0.624. The topological polar surface area (TPSA) is 55.3 Å². The van der Waals surface area contributed by atoms with E-state index in [-0.39, 0.29) is 0 Å². The number of hydrogen-bond acceptors (Lipinski definition) is 4. The van der Waals surface area contributed by atoms with Crippen molar-refractivity contribution in [1.29, 1.82) is 0 Å². The quantitative estimate of drug-likeness (QED) is 0.729. The first kappa shape index (κ1) is 11.6. The number of anilines is 2. The number of aromatic nitrogens is 1. The molecule has 3 aromatic rings. The Morgan fingerprint density at radius 3 is 2.74 bits per heavy atom. The van der Waals surface area contributed by atoms with Crippen LogP contribution in [0, 0.1) is 0 Å². The molecule has 0 saturated heterocycles. The second-order valence-corrected chi connectivity index (χ2v) is 4.53. The predicted octanol–water partition coefficient (Wildman–Crippen LogP) is 3.05. The molecule has 0 fully saturated rings. The summed E-state index contributed by atoms with van der Waals surface area (Å²) in [6, 6.07) is 15.6. The van der Waals surface area contributed by atoms with Gasteiger partial charge < -0.3 is 15.1 Å². The summed E-state index contributed by atoms with van der Waals surface area (Å²) in [6.07, 6.45) is 0. The maximum Gasteiger partial charge on any atom is 0.215 e. The molecule has 0 spiro atoms. The zero-order valence-electron chi connectivity index (χ0n) is 10.7. The van der Waals surface area contributed by atoms with E-state index in [1.165, 1.54) is 0 Å². The van der Waals surface area contributed by atoms with Crippen molar-refractivity contribution in [2.75, 3.05) is 17.7 Å². The summed E-state index contributed by atoms with van der Waals surface area (Å²) in [5.74, 6) is 0.687. The Kier molecular flexibility index (Phi) is 2.83. The second kappa shape index (κ2) is 4.65. The van der Waals surface area contributed by atoms with Gasteiger partial charge in [-0.25, -0.2) is 4.98 Å². The van der Waals surface area contributed by atoms with Crippen LogP contribution in [0.1, 0.15) is 5.89 Å². The molecule has 4 nitrogen and oxygen atoms in total. The molecular weight excluding hydrogens is 238 g/mol. The Hall–Kier alpha value is -2.49. The van der Waals surface area contributed by atoms with Crippen LogP contribution < -0.4 is 10.6 Å². The molecule has 3 rings (SSSR count). The summed E-state index contributed by atoms with van der Waals surface area (Å²) < 4.78 is 5.71. The maximum absolute atomic E-state index is 5.73. The maximum atomic E-state index is 5.73. The van der Waals surface area contributed by atoms with Gasteiger partial charge in [0, 0.05) is 24.5 Å². The molecule has 0 aliphatic heterocycles. The van der Waals surface area contributed by atoms with E-state index in [2.05, 4.69) is 22.0 Å². The van der Waals surface area contributed by atoms with E-state index >= 15 is 0 Å². The minimum absolute atomic E-state index is 0.624. The Bertz CT molecular complexity index is 691. The van der Waals surface area contributed by atoms with Gasteiger partial charge in [-0.3, -0.25) is 0 Å². The largest absolute Gasteiger partial charge is 0.439 e. The molecule has 96 valence electrons. The third kappa shape index (κ3) is 2.38. The van der Waals surface area contributed by atoms with Crippen molar-refractivity contribution in [3.63, 3.8) is 0 Å². The molecule has 2 N–H and O–H groups in total. The van der Waals surface area contributed by atoms with Gasteiger partial charge in [0.2, 0.25) is 5.89 Å². The normalized spacial score (nSPS) is 10.8. The molecule has 0 aliphatic carbocycles. The lowest BCUT2D eigenvalue weighted by atomic mass is 10.3. The number of fused-ring (bicyclic) bond motifs is 1. The standard InChI is InChI=1S/C15H15N3O/c1-18(12-5-3-2-4-6-12)10-15-17-13-8-7-11(16)9-14(13)19-15/h2-9H,10,16H2,1H3. The smallest absolute Gasteiger partial charge is 0.215 e. The van der Waals surface area contributed by atoms with Crippen LogP contribution in [0.2, 0.25) is 0 Å². The minimum Gasteiger partial charge on any atom is -0.439 e. The fraction of sp³-hybridized carbons (Fsp3) is 0.133. The van der Waals surface area contributed by atoms with E-state index in [1.54, 1.807) is 6.07 Å². The molecule has 0 saturated carbocycles. The molecule has 0 unspecified atom stereocenters. The van der Waals surface area contributed by atoms with Gasteiger partial charge in [-0.2, -0.15) is 0 Å². The SMILES string of the molecule is CN(Cc1nc2ccc(N)cc2o1)c1ccccc1. The van der Waals surface area contributed by atoms with Crippen molar-refractivity contribution in [3.05, 3.63) is 54.4 Å². The molecular formula is C15H15N3O. The van der Waals surface area contributed by atoms with Crippen LogP contribution in [0.3, 0.4) is 0 Å². The molecule has 0 atom stereocenters. The first-order valence-corrected chi connectivity index (χ1v) is 6.13. The summed E-state index contributed by atoms with van der Waals surface area (Å²) in [5.41, 5.74) is 9.11. The summed E-state index contributed by atoms with van der Waals surface area (Å²) in [4.78, 5) is 6.55. The van der Waals surface area contributed by atoms with Crippen LogP contribution in [0.5, 0.6) is 0 Å². The van der Waals surface area contributed by atoms with Crippen LogP contribution in [-0.2, 0) is 6.54 Å². The van der Waals surface area contributed by atoms with Crippen LogP contribution in [-0.4, -0.2) is 12.0 Å². The zero-order chi connectivity index (χ0) is 13.2. The summed E-state index contributed by atoms with van der Waals surface area (Å²) >= 11 is 0. The van der Waals surface area contributed by atoms with Crippen LogP contribution >= 0.6 is 0 Å². The van der Waals surface area contributed by atoms with Gasteiger partial charge in [0.15, 0.2) is 5.58 Å². The molecule has 2 aromatic carbocycles. The van der Waals surface area contributed by atoms with E-state index < -0.39 is 0 Å².